The first-order valence-electron chi connectivity index (χ1n) is 13.2. The third-order valence-corrected chi connectivity index (χ3v) is 10.1. The summed E-state index contributed by atoms with van der Waals surface area (Å²) in [4.78, 5) is 47.3. The minimum atomic E-state index is -0.919. The molecule has 2 fully saturated rings. The van der Waals surface area contributed by atoms with Crippen LogP contribution in [0.25, 0.3) is 11.0 Å². The van der Waals surface area contributed by atoms with Crippen molar-refractivity contribution < 1.29 is 19.5 Å². The maximum Gasteiger partial charge on any atom is 0.248 e. The zero-order valence-electron chi connectivity index (χ0n) is 21.6. The van der Waals surface area contributed by atoms with Crippen LogP contribution >= 0.6 is 11.8 Å². The van der Waals surface area contributed by atoms with Crippen LogP contribution in [0, 0.1) is 11.8 Å². The van der Waals surface area contributed by atoms with E-state index in [0.29, 0.717) is 19.6 Å². The lowest BCUT2D eigenvalue weighted by molar-refractivity contribution is -0.145. The van der Waals surface area contributed by atoms with Gasteiger partial charge in [-0.3, -0.25) is 14.4 Å². The van der Waals surface area contributed by atoms with E-state index in [1.54, 1.807) is 21.3 Å². The number of likely N-dealkylation sites (tertiary alicyclic amines) is 1. The molecule has 1 aromatic heterocycles. The fourth-order valence-corrected chi connectivity index (χ4v) is 8.91. The van der Waals surface area contributed by atoms with E-state index >= 15 is 0 Å². The molecule has 6 rings (SSSR count). The van der Waals surface area contributed by atoms with E-state index in [4.69, 9.17) is 0 Å². The molecular formula is C27H32N6O4S. The summed E-state index contributed by atoms with van der Waals surface area (Å²) in [6.45, 7) is 5.47. The largest absolute Gasteiger partial charge is 0.395 e. The molecule has 38 heavy (non-hydrogen) atoms. The van der Waals surface area contributed by atoms with Crippen LogP contribution in [-0.2, 0) is 21.1 Å². The minimum absolute atomic E-state index is 0.0358. The Kier molecular flexibility index (Phi) is 6.10. The van der Waals surface area contributed by atoms with Gasteiger partial charge < -0.3 is 19.8 Å². The van der Waals surface area contributed by atoms with E-state index in [2.05, 4.69) is 16.4 Å². The van der Waals surface area contributed by atoms with Crippen LogP contribution in [0.1, 0.15) is 20.3 Å². The van der Waals surface area contributed by atoms with Gasteiger partial charge in [0, 0.05) is 30.9 Å². The molecule has 1 unspecified atom stereocenters. The molecule has 200 valence electrons. The van der Waals surface area contributed by atoms with Gasteiger partial charge in [0.1, 0.15) is 18.2 Å². The molecule has 0 bridgehead atoms. The first kappa shape index (κ1) is 25.1. The van der Waals surface area contributed by atoms with Gasteiger partial charge in [0.15, 0.2) is 0 Å². The van der Waals surface area contributed by atoms with E-state index < -0.39 is 27.4 Å². The molecule has 2 saturated heterocycles. The quantitative estimate of drug-likeness (QED) is 0.554. The molecule has 1 N–H and O–H groups in total. The molecule has 4 aliphatic rings. The second-order valence-corrected chi connectivity index (χ2v) is 12.4. The second kappa shape index (κ2) is 9.23. The molecule has 4 aliphatic heterocycles. The van der Waals surface area contributed by atoms with Gasteiger partial charge in [-0.2, -0.15) is 0 Å². The number of β-amino-alcohol motifs (C(OH)–C–C–N with tert-alkyl or cyclic N) is 1. The molecule has 5 atom stereocenters. The Morgan fingerprint density at radius 1 is 1.00 bits per heavy atom. The Morgan fingerprint density at radius 2 is 1.76 bits per heavy atom. The van der Waals surface area contributed by atoms with Gasteiger partial charge in [-0.05, 0) is 25.5 Å². The lowest BCUT2D eigenvalue weighted by Crippen LogP contribution is -2.54. The molecule has 11 heteroatoms. The molecular weight excluding hydrogens is 504 g/mol. The molecule has 10 nitrogen and oxygen atoms in total. The lowest BCUT2D eigenvalue weighted by Gasteiger charge is -2.36. The first-order valence-corrected chi connectivity index (χ1v) is 14.0. The van der Waals surface area contributed by atoms with Gasteiger partial charge in [-0.1, -0.05) is 48.6 Å². The van der Waals surface area contributed by atoms with Crippen molar-refractivity contribution in [3.8, 4) is 0 Å². The number of hydrogen-bond acceptors (Lipinski definition) is 7. The standard InChI is InChI=1S/C27H32N6O4S/c1-3-12-30-13-6-10-26(2)20(23(30)35)21-24(36)32(15-16-34)22-25(37)31(14-7-11-27(21,22)38-26)17-33-19-9-5-4-8-18(19)28-29-33/h4-11,20-22,34H,3,12-17H2,1-2H3/t20-,21-,22?,26+,27-/m0/s1. The average Bonchev–Trinajstić information content (AvgIpc) is 3.42. The Morgan fingerprint density at radius 3 is 2.55 bits per heavy atom. The monoisotopic (exact) mass is 536 g/mol. The molecule has 1 aromatic carbocycles. The van der Waals surface area contributed by atoms with Crippen LogP contribution in [0.4, 0.5) is 0 Å². The highest BCUT2D eigenvalue weighted by Gasteiger charge is 2.73. The van der Waals surface area contributed by atoms with Crippen molar-refractivity contribution in [1.82, 2.24) is 29.7 Å². The number of aromatic nitrogens is 3. The van der Waals surface area contributed by atoms with Gasteiger partial charge in [-0.25, -0.2) is 4.68 Å². The van der Waals surface area contributed by atoms with Gasteiger partial charge >= 0.3 is 0 Å². The van der Waals surface area contributed by atoms with Crippen LogP contribution < -0.4 is 0 Å². The molecule has 0 radical (unpaired) electrons. The van der Waals surface area contributed by atoms with Crippen LogP contribution in [0.15, 0.2) is 48.6 Å². The zero-order chi connectivity index (χ0) is 26.7. The van der Waals surface area contributed by atoms with Crippen molar-refractivity contribution >= 4 is 40.5 Å². The SMILES string of the molecule is CCCN1CC=C[C@@]2(C)S[C@]34C=CCN(Cn5nnc6ccccc65)C(=O)C3N(CCO)C(=O)[C@@H]4[C@H]2C1=O. The number of aliphatic hydroxyl groups excluding tert-OH is 1. The lowest BCUT2D eigenvalue weighted by atomic mass is 9.74. The van der Waals surface area contributed by atoms with Crippen molar-refractivity contribution in [1.29, 1.82) is 0 Å². The predicted molar refractivity (Wildman–Crippen MR) is 143 cm³/mol. The number of aliphatic hydroxyl groups is 1. The maximum absolute atomic E-state index is 14.3. The summed E-state index contributed by atoms with van der Waals surface area (Å²) >= 11 is 1.55. The normalized spacial score (nSPS) is 32.6. The summed E-state index contributed by atoms with van der Waals surface area (Å²) in [5.74, 6) is -1.79. The Balaban J connectivity index is 1.41. The summed E-state index contributed by atoms with van der Waals surface area (Å²) in [5, 5.41) is 18.3. The molecule has 2 aromatic rings. The fraction of sp³-hybridized carbons (Fsp3) is 0.519. The zero-order valence-corrected chi connectivity index (χ0v) is 22.4. The van der Waals surface area contributed by atoms with Crippen molar-refractivity contribution in [3.63, 3.8) is 0 Å². The van der Waals surface area contributed by atoms with Gasteiger partial charge in [0.05, 0.1) is 28.7 Å². The smallest absolute Gasteiger partial charge is 0.248 e. The summed E-state index contributed by atoms with van der Waals surface area (Å²) in [6.07, 6.45) is 8.84. The number of amides is 3. The molecule has 5 heterocycles. The highest BCUT2D eigenvalue weighted by atomic mass is 32.2. The van der Waals surface area contributed by atoms with Crippen LogP contribution in [0.3, 0.4) is 0 Å². The predicted octanol–water partition coefficient (Wildman–Crippen LogP) is 1.28. The van der Waals surface area contributed by atoms with Gasteiger partial charge in [0.2, 0.25) is 17.7 Å². The number of hydrogen-bond donors (Lipinski definition) is 1. The van der Waals surface area contributed by atoms with E-state index in [1.807, 2.05) is 61.2 Å². The van der Waals surface area contributed by atoms with Crippen LogP contribution in [-0.4, -0.2) is 101 Å². The summed E-state index contributed by atoms with van der Waals surface area (Å²) in [7, 11) is 0. The van der Waals surface area contributed by atoms with Crippen molar-refractivity contribution in [2.75, 3.05) is 32.8 Å². The fourth-order valence-electron chi connectivity index (χ4n) is 6.75. The van der Waals surface area contributed by atoms with Gasteiger partial charge in [-0.15, -0.1) is 16.9 Å². The second-order valence-electron chi connectivity index (χ2n) is 10.6. The highest BCUT2D eigenvalue weighted by molar-refractivity contribution is 8.02. The number of rotatable bonds is 6. The third kappa shape index (κ3) is 3.54. The van der Waals surface area contributed by atoms with Crippen molar-refractivity contribution in [2.24, 2.45) is 11.8 Å². The Bertz CT molecular complexity index is 1360. The van der Waals surface area contributed by atoms with E-state index in [1.165, 1.54) is 4.90 Å². The van der Waals surface area contributed by atoms with Crippen molar-refractivity contribution in [2.45, 2.75) is 42.5 Å². The Hall–Kier alpha value is -3.18. The molecule has 0 aliphatic carbocycles. The third-order valence-electron chi connectivity index (χ3n) is 8.28. The molecule has 1 spiro atoms. The first-order chi connectivity index (χ1) is 18.3. The highest BCUT2D eigenvalue weighted by Crippen LogP contribution is 2.65. The summed E-state index contributed by atoms with van der Waals surface area (Å²) in [6, 6.07) is 6.73. The summed E-state index contributed by atoms with van der Waals surface area (Å²) in [5.41, 5.74) is 1.55. The van der Waals surface area contributed by atoms with E-state index in [9.17, 15) is 19.5 Å². The number of carbonyl (C=O) groups is 3. The average molecular weight is 537 g/mol. The number of thioether (sulfide) groups is 1. The minimum Gasteiger partial charge on any atom is -0.395 e. The number of para-hydroxylation sites is 1. The number of nitrogens with zero attached hydrogens (tertiary/aromatic N) is 6. The van der Waals surface area contributed by atoms with Crippen LogP contribution in [0.5, 0.6) is 0 Å². The maximum atomic E-state index is 14.3. The van der Waals surface area contributed by atoms with Gasteiger partial charge in [0.25, 0.3) is 0 Å². The van der Waals surface area contributed by atoms with E-state index in [-0.39, 0.29) is 37.5 Å². The number of benzene rings is 1. The Labute approximate surface area is 225 Å². The topological polar surface area (TPSA) is 112 Å². The van der Waals surface area contributed by atoms with Crippen molar-refractivity contribution in [3.05, 3.63) is 48.6 Å². The number of fused-ring (bicyclic) bond motifs is 3. The summed E-state index contributed by atoms with van der Waals surface area (Å²) < 4.78 is 0.133. The van der Waals surface area contributed by atoms with Crippen LogP contribution in [0.2, 0.25) is 0 Å². The number of carbonyl (C=O) groups excluding carboxylic acids is 3. The molecule has 0 saturated carbocycles. The van der Waals surface area contributed by atoms with E-state index in [0.717, 1.165) is 17.5 Å². The molecule has 3 amide bonds.